The van der Waals surface area contributed by atoms with Crippen LogP contribution in [0.5, 0.6) is 0 Å². The number of hydrogen-bond acceptors (Lipinski definition) is 2. The molecule has 96 valence electrons. The van der Waals surface area contributed by atoms with Crippen molar-refractivity contribution in [2.45, 2.75) is 46.0 Å². The van der Waals surface area contributed by atoms with Crippen LogP contribution < -0.4 is 5.32 Å². The van der Waals surface area contributed by atoms with Gasteiger partial charge in [0.1, 0.15) is 5.15 Å². The van der Waals surface area contributed by atoms with Crippen molar-refractivity contribution in [3.05, 3.63) is 21.9 Å². The summed E-state index contributed by atoms with van der Waals surface area (Å²) in [6.45, 7) is 5.15. The fraction of sp³-hybridized carbons (Fsp3) is 0.615. The van der Waals surface area contributed by atoms with Crippen molar-refractivity contribution in [2.75, 3.05) is 11.9 Å². The van der Waals surface area contributed by atoms with Crippen LogP contribution in [0.4, 0.5) is 5.69 Å². The van der Waals surface area contributed by atoms with Crippen LogP contribution in [0.15, 0.2) is 6.07 Å². The van der Waals surface area contributed by atoms with Gasteiger partial charge < -0.3 is 5.32 Å². The van der Waals surface area contributed by atoms with E-state index in [9.17, 15) is 0 Å². The fourth-order valence-corrected chi connectivity index (χ4v) is 2.35. The Morgan fingerprint density at radius 3 is 2.53 bits per heavy atom. The molecule has 0 aliphatic heterocycles. The lowest BCUT2D eigenvalue weighted by Gasteiger charge is -2.11. The highest BCUT2D eigenvalue weighted by Gasteiger charge is 2.06. The Kier molecular flexibility index (Phi) is 6.68. The maximum atomic E-state index is 6.04. The van der Waals surface area contributed by atoms with Gasteiger partial charge in [0, 0.05) is 6.54 Å². The molecule has 4 heteroatoms. The molecule has 0 bridgehead atoms. The Morgan fingerprint density at radius 2 is 1.88 bits per heavy atom. The first-order valence-electron chi connectivity index (χ1n) is 6.21. The molecule has 0 aliphatic carbocycles. The van der Waals surface area contributed by atoms with Gasteiger partial charge in [-0.15, -0.1) is 0 Å². The van der Waals surface area contributed by atoms with Crippen LogP contribution in [0.25, 0.3) is 0 Å². The molecule has 0 unspecified atom stereocenters. The Morgan fingerprint density at radius 1 is 1.18 bits per heavy atom. The van der Waals surface area contributed by atoms with E-state index < -0.39 is 0 Å². The number of anilines is 1. The summed E-state index contributed by atoms with van der Waals surface area (Å²) in [6, 6.07) is 1.83. The minimum absolute atomic E-state index is 0.445. The van der Waals surface area contributed by atoms with E-state index in [0.29, 0.717) is 10.3 Å². The van der Waals surface area contributed by atoms with E-state index in [1.54, 1.807) is 0 Å². The SMILES string of the molecule is CCCCCCCNc1c(C)cc(Cl)nc1Cl. The van der Waals surface area contributed by atoms with Gasteiger partial charge in [-0.05, 0) is 25.0 Å². The van der Waals surface area contributed by atoms with Crippen molar-refractivity contribution in [1.29, 1.82) is 0 Å². The first-order valence-corrected chi connectivity index (χ1v) is 6.97. The predicted octanol–water partition coefficient (Wildman–Crippen LogP) is 5.08. The summed E-state index contributed by atoms with van der Waals surface area (Å²) in [6.07, 6.45) is 6.34. The highest BCUT2D eigenvalue weighted by Crippen LogP contribution is 2.26. The van der Waals surface area contributed by atoms with E-state index in [1.807, 2.05) is 13.0 Å². The summed E-state index contributed by atoms with van der Waals surface area (Å²) < 4.78 is 0. The molecule has 0 aliphatic rings. The molecule has 0 amide bonds. The Bertz CT molecular complexity index is 330. The lowest BCUT2D eigenvalue weighted by molar-refractivity contribution is 0.645. The van der Waals surface area contributed by atoms with Crippen molar-refractivity contribution in [3.63, 3.8) is 0 Å². The topological polar surface area (TPSA) is 24.9 Å². The zero-order chi connectivity index (χ0) is 12.7. The van der Waals surface area contributed by atoms with Crippen LogP contribution in [-0.2, 0) is 0 Å². The standard InChI is InChI=1S/C13H20Cl2N2/c1-3-4-5-6-7-8-16-12-10(2)9-11(14)17-13(12)15/h9,16H,3-8H2,1-2H3. The van der Waals surface area contributed by atoms with E-state index >= 15 is 0 Å². The normalized spacial score (nSPS) is 10.6. The number of hydrogen-bond donors (Lipinski definition) is 1. The first kappa shape index (κ1) is 14.6. The van der Waals surface area contributed by atoms with E-state index in [0.717, 1.165) is 17.8 Å². The largest absolute Gasteiger partial charge is 0.382 e. The highest BCUT2D eigenvalue weighted by atomic mass is 35.5. The number of aromatic nitrogens is 1. The number of halogens is 2. The van der Waals surface area contributed by atoms with Crippen LogP contribution in [0.1, 0.15) is 44.6 Å². The molecular formula is C13H20Cl2N2. The second kappa shape index (κ2) is 7.78. The molecule has 0 atom stereocenters. The zero-order valence-corrected chi connectivity index (χ0v) is 12.0. The molecule has 1 rings (SSSR count). The molecular weight excluding hydrogens is 255 g/mol. The molecule has 0 saturated carbocycles. The van der Waals surface area contributed by atoms with Crippen LogP contribution in [0, 0.1) is 6.92 Å². The minimum Gasteiger partial charge on any atom is -0.382 e. The molecule has 0 aromatic carbocycles. The average Bonchev–Trinajstić information content (AvgIpc) is 2.26. The fourth-order valence-electron chi connectivity index (χ4n) is 1.75. The van der Waals surface area contributed by atoms with Gasteiger partial charge in [-0.25, -0.2) is 4.98 Å². The number of aryl methyl sites for hydroxylation is 1. The molecule has 0 radical (unpaired) electrons. The number of pyridine rings is 1. The van der Waals surface area contributed by atoms with Crippen LogP contribution in [0.2, 0.25) is 10.3 Å². The Balaban J connectivity index is 2.36. The van der Waals surface area contributed by atoms with Crippen molar-refractivity contribution < 1.29 is 0 Å². The number of nitrogens with zero attached hydrogens (tertiary/aromatic N) is 1. The quantitative estimate of drug-likeness (QED) is 0.554. The van der Waals surface area contributed by atoms with Crippen molar-refractivity contribution in [2.24, 2.45) is 0 Å². The van der Waals surface area contributed by atoms with Crippen LogP contribution in [0.3, 0.4) is 0 Å². The van der Waals surface area contributed by atoms with Gasteiger partial charge in [0.15, 0.2) is 5.15 Å². The molecule has 17 heavy (non-hydrogen) atoms. The summed E-state index contributed by atoms with van der Waals surface area (Å²) in [7, 11) is 0. The van der Waals surface area contributed by atoms with Crippen LogP contribution >= 0.6 is 23.2 Å². The third kappa shape index (κ3) is 5.13. The smallest absolute Gasteiger partial charge is 0.154 e. The molecule has 1 aromatic heterocycles. The summed E-state index contributed by atoms with van der Waals surface area (Å²) in [5.41, 5.74) is 1.95. The molecule has 1 N–H and O–H groups in total. The monoisotopic (exact) mass is 274 g/mol. The van der Waals surface area contributed by atoms with Gasteiger partial charge >= 0.3 is 0 Å². The second-order valence-electron chi connectivity index (χ2n) is 4.27. The van der Waals surface area contributed by atoms with Crippen LogP contribution in [-0.4, -0.2) is 11.5 Å². The maximum Gasteiger partial charge on any atom is 0.154 e. The first-order chi connectivity index (χ1) is 8.15. The third-order valence-electron chi connectivity index (χ3n) is 2.72. The van der Waals surface area contributed by atoms with E-state index in [1.165, 1.54) is 32.1 Å². The summed E-state index contributed by atoms with van der Waals surface area (Å²) >= 11 is 11.9. The van der Waals surface area contributed by atoms with Gasteiger partial charge in [-0.3, -0.25) is 0 Å². The summed E-state index contributed by atoms with van der Waals surface area (Å²) in [5.74, 6) is 0. The molecule has 0 saturated heterocycles. The number of unbranched alkanes of at least 4 members (excludes halogenated alkanes) is 4. The van der Waals surface area contributed by atoms with Gasteiger partial charge in [0.25, 0.3) is 0 Å². The van der Waals surface area contributed by atoms with Gasteiger partial charge in [-0.1, -0.05) is 55.8 Å². The lowest BCUT2D eigenvalue weighted by atomic mass is 10.1. The molecule has 1 heterocycles. The second-order valence-corrected chi connectivity index (χ2v) is 5.01. The molecule has 1 aromatic rings. The van der Waals surface area contributed by atoms with Crippen molar-refractivity contribution in [1.82, 2.24) is 4.98 Å². The molecule has 0 fully saturated rings. The predicted molar refractivity (Wildman–Crippen MR) is 76.2 cm³/mol. The summed E-state index contributed by atoms with van der Waals surface area (Å²) in [4.78, 5) is 4.03. The Hall–Kier alpha value is -0.470. The van der Waals surface area contributed by atoms with Gasteiger partial charge in [-0.2, -0.15) is 0 Å². The zero-order valence-electron chi connectivity index (χ0n) is 10.5. The minimum atomic E-state index is 0.445. The van der Waals surface area contributed by atoms with E-state index in [-0.39, 0.29) is 0 Å². The Labute approximate surface area is 114 Å². The summed E-state index contributed by atoms with van der Waals surface area (Å²) in [5, 5.41) is 4.24. The number of rotatable bonds is 7. The van der Waals surface area contributed by atoms with E-state index in [4.69, 9.17) is 23.2 Å². The van der Waals surface area contributed by atoms with E-state index in [2.05, 4.69) is 17.2 Å². The molecule has 0 spiro atoms. The number of nitrogens with one attached hydrogen (secondary N) is 1. The molecule has 2 nitrogen and oxygen atoms in total. The van der Waals surface area contributed by atoms with Crippen molar-refractivity contribution in [3.8, 4) is 0 Å². The maximum absolute atomic E-state index is 6.04. The average molecular weight is 275 g/mol. The third-order valence-corrected chi connectivity index (χ3v) is 3.19. The van der Waals surface area contributed by atoms with Gasteiger partial charge in [0.2, 0.25) is 0 Å². The van der Waals surface area contributed by atoms with Crippen molar-refractivity contribution >= 4 is 28.9 Å². The van der Waals surface area contributed by atoms with Gasteiger partial charge in [0.05, 0.1) is 5.69 Å². The lowest BCUT2D eigenvalue weighted by Crippen LogP contribution is -2.04. The highest BCUT2D eigenvalue weighted by molar-refractivity contribution is 6.34.